The number of anilines is 1. The highest BCUT2D eigenvalue weighted by molar-refractivity contribution is 6.02. The van der Waals surface area contributed by atoms with Gasteiger partial charge in [0.25, 0.3) is 5.91 Å². The predicted molar refractivity (Wildman–Crippen MR) is 97.2 cm³/mol. The van der Waals surface area contributed by atoms with Crippen molar-refractivity contribution in [3.05, 3.63) is 59.7 Å². The van der Waals surface area contributed by atoms with E-state index in [4.69, 9.17) is 0 Å². The molecule has 2 N–H and O–H groups in total. The second kappa shape index (κ2) is 10.1. The lowest BCUT2D eigenvalue weighted by molar-refractivity contribution is -0.111. The Hall–Kier alpha value is -3.56. The van der Waals surface area contributed by atoms with Gasteiger partial charge in [0.15, 0.2) is 0 Å². The summed E-state index contributed by atoms with van der Waals surface area (Å²) in [6.45, 7) is -6.33. The van der Waals surface area contributed by atoms with Crippen LogP contribution in [0.1, 0.15) is 15.9 Å². The number of benzene rings is 2. The highest BCUT2D eigenvalue weighted by Crippen LogP contribution is 2.28. The van der Waals surface area contributed by atoms with Gasteiger partial charge in [0.05, 0.1) is 0 Å². The van der Waals surface area contributed by atoms with Crippen LogP contribution in [0.15, 0.2) is 48.5 Å². The normalized spacial score (nSPS) is 11.0. The zero-order chi connectivity index (χ0) is 21.4. The van der Waals surface area contributed by atoms with Gasteiger partial charge in [-0.1, -0.05) is 0 Å². The summed E-state index contributed by atoms with van der Waals surface area (Å²) in [7, 11) is 1.49. The smallest absolute Gasteiger partial charge is 0.387 e. The van der Waals surface area contributed by atoms with Crippen molar-refractivity contribution in [3.63, 3.8) is 0 Å². The van der Waals surface area contributed by atoms with E-state index in [1.165, 1.54) is 43.5 Å². The van der Waals surface area contributed by atoms with Crippen molar-refractivity contribution in [2.24, 2.45) is 0 Å². The molecule has 0 bridgehead atoms. The molecule has 0 aromatic heterocycles. The summed E-state index contributed by atoms with van der Waals surface area (Å²) in [5.41, 5.74) is 0.856. The van der Waals surface area contributed by atoms with Crippen LogP contribution in [0.4, 0.5) is 23.2 Å². The maximum atomic E-state index is 12.6. The lowest BCUT2D eigenvalue weighted by Crippen LogP contribution is -2.17. The van der Waals surface area contributed by atoms with Crippen molar-refractivity contribution in [1.82, 2.24) is 5.32 Å². The maximum absolute atomic E-state index is 12.6. The predicted octanol–water partition coefficient (Wildman–Crippen LogP) is 3.90. The Morgan fingerprint density at radius 2 is 1.62 bits per heavy atom. The van der Waals surface area contributed by atoms with Gasteiger partial charge in [0.2, 0.25) is 5.91 Å². The molecule has 0 radical (unpaired) electrons. The molecule has 0 aliphatic heterocycles. The van der Waals surface area contributed by atoms with E-state index in [0.29, 0.717) is 11.3 Å². The molecule has 0 aliphatic rings. The van der Waals surface area contributed by atoms with Gasteiger partial charge in [-0.05, 0) is 42.5 Å². The molecule has 6 nitrogen and oxygen atoms in total. The molecule has 2 rings (SSSR count). The first-order valence-corrected chi connectivity index (χ1v) is 8.13. The van der Waals surface area contributed by atoms with E-state index in [1.807, 2.05) is 0 Å². The van der Waals surface area contributed by atoms with E-state index in [1.54, 1.807) is 0 Å². The van der Waals surface area contributed by atoms with Crippen LogP contribution < -0.4 is 20.1 Å². The van der Waals surface area contributed by atoms with Gasteiger partial charge in [0, 0.05) is 36.0 Å². The van der Waals surface area contributed by atoms with Crippen molar-refractivity contribution < 1.29 is 36.6 Å². The van der Waals surface area contributed by atoms with E-state index in [2.05, 4.69) is 20.1 Å². The maximum Gasteiger partial charge on any atom is 0.387 e. The molecule has 10 heteroatoms. The highest BCUT2D eigenvalue weighted by Gasteiger charge is 2.12. The van der Waals surface area contributed by atoms with Gasteiger partial charge in [-0.15, -0.1) is 0 Å². The molecule has 0 spiro atoms. The number of carbonyl (C=O) groups excluding carboxylic acids is 2. The fourth-order valence-corrected chi connectivity index (χ4v) is 2.23. The Labute approximate surface area is 163 Å². The topological polar surface area (TPSA) is 76.7 Å². The lowest BCUT2D eigenvalue weighted by atomic mass is 10.1. The fourth-order valence-electron chi connectivity index (χ4n) is 2.23. The molecule has 0 atom stereocenters. The molecular formula is C19H16F4N2O4. The Bertz CT molecular complexity index is 886. The Morgan fingerprint density at radius 1 is 0.966 bits per heavy atom. The van der Waals surface area contributed by atoms with E-state index in [-0.39, 0.29) is 17.2 Å². The summed E-state index contributed by atoms with van der Waals surface area (Å²) in [6.07, 6.45) is 2.23. The molecule has 2 aromatic carbocycles. The first-order chi connectivity index (χ1) is 13.8. The van der Waals surface area contributed by atoms with E-state index in [0.717, 1.165) is 18.2 Å². The van der Waals surface area contributed by atoms with Crippen molar-refractivity contribution in [2.75, 3.05) is 12.4 Å². The summed E-state index contributed by atoms with van der Waals surface area (Å²) < 4.78 is 58.1. The summed E-state index contributed by atoms with van der Waals surface area (Å²) in [5, 5.41) is 4.98. The summed E-state index contributed by atoms with van der Waals surface area (Å²) in [6, 6.07) is 9.23. The number of hydrogen-bond acceptors (Lipinski definition) is 4. The average molecular weight is 412 g/mol. The minimum Gasteiger partial charge on any atom is -0.435 e. The molecule has 29 heavy (non-hydrogen) atoms. The van der Waals surface area contributed by atoms with Crippen molar-refractivity contribution in [1.29, 1.82) is 0 Å². The molecule has 2 amide bonds. The van der Waals surface area contributed by atoms with Crippen LogP contribution in [0, 0.1) is 0 Å². The molecule has 0 saturated heterocycles. The third-order valence-electron chi connectivity index (χ3n) is 3.48. The van der Waals surface area contributed by atoms with Crippen molar-refractivity contribution in [2.45, 2.75) is 13.2 Å². The van der Waals surface area contributed by atoms with Crippen LogP contribution >= 0.6 is 0 Å². The number of hydrogen-bond donors (Lipinski definition) is 2. The first-order valence-electron chi connectivity index (χ1n) is 8.13. The number of alkyl halides is 4. The number of carbonyl (C=O) groups is 2. The number of ether oxygens (including phenoxy) is 2. The molecule has 154 valence electrons. The quantitative estimate of drug-likeness (QED) is 0.509. The third kappa shape index (κ3) is 6.83. The zero-order valence-corrected chi connectivity index (χ0v) is 15.0. The van der Waals surface area contributed by atoms with Crippen LogP contribution in [0.25, 0.3) is 6.08 Å². The average Bonchev–Trinajstić information content (AvgIpc) is 2.66. The number of amides is 2. The fraction of sp³-hybridized carbons (Fsp3) is 0.158. The Morgan fingerprint density at radius 3 is 2.21 bits per heavy atom. The molecule has 0 saturated carbocycles. The molecule has 0 aliphatic carbocycles. The highest BCUT2D eigenvalue weighted by atomic mass is 19.3. The van der Waals surface area contributed by atoms with Gasteiger partial charge >= 0.3 is 13.2 Å². The van der Waals surface area contributed by atoms with Gasteiger partial charge in [-0.2, -0.15) is 17.6 Å². The lowest BCUT2D eigenvalue weighted by Gasteiger charge is -2.11. The number of nitrogens with one attached hydrogen (secondary N) is 2. The number of rotatable bonds is 8. The Balaban J connectivity index is 2.10. The Kier molecular flexibility index (Phi) is 7.58. The van der Waals surface area contributed by atoms with Crippen LogP contribution in [-0.4, -0.2) is 32.1 Å². The second-order valence-corrected chi connectivity index (χ2v) is 5.44. The van der Waals surface area contributed by atoms with Gasteiger partial charge in [-0.25, -0.2) is 0 Å². The van der Waals surface area contributed by atoms with E-state index in [9.17, 15) is 27.2 Å². The van der Waals surface area contributed by atoms with Crippen molar-refractivity contribution in [3.8, 4) is 11.5 Å². The monoisotopic (exact) mass is 412 g/mol. The van der Waals surface area contributed by atoms with Crippen LogP contribution in [0.3, 0.4) is 0 Å². The van der Waals surface area contributed by atoms with Crippen LogP contribution in [0.2, 0.25) is 0 Å². The van der Waals surface area contributed by atoms with Gasteiger partial charge < -0.3 is 20.1 Å². The molecule has 0 unspecified atom stereocenters. The van der Waals surface area contributed by atoms with Crippen LogP contribution in [0.5, 0.6) is 11.5 Å². The zero-order valence-electron chi connectivity index (χ0n) is 15.0. The van der Waals surface area contributed by atoms with Crippen molar-refractivity contribution >= 4 is 23.6 Å². The molecule has 2 aromatic rings. The van der Waals surface area contributed by atoms with Gasteiger partial charge in [-0.3, -0.25) is 9.59 Å². The largest absolute Gasteiger partial charge is 0.435 e. The summed E-state index contributed by atoms with van der Waals surface area (Å²) >= 11 is 0. The minimum absolute atomic E-state index is 0.0528. The van der Waals surface area contributed by atoms with E-state index >= 15 is 0 Å². The molecular weight excluding hydrogens is 396 g/mol. The van der Waals surface area contributed by atoms with Gasteiger partial charge in [0.1, 0.15) is 11.5 Å². The molecule has 0 heterocycles. The summed E-state index contributed by atoms with van der Waals surface area (Å²) in [4.78, 5) is 23.5. The third-order valence-corrected chi connectivity index (χ3v) is 3.48. The second-order valence-electron chi connectivity index (χ2n) is 5.44. The standard InChI is InChI=1S/C19H16F4N2O4/c1-24-17(27)12-2-6-13(7-3-12)25-16(26)9-5-11-4-8-14(28-18(20)21)10-15(11)29-19(22)23/h2-10,18-19H,1H3,(H,24,27)(H,25,26)/b9-5+. The minimum atomic E-state index is -3.20. The summed E-state index contributed by atoms with van der Waals surface area (Å²) in [5.74, 6) is -1.67. The number of halogens is 4. The van der Waals surface area contributed by atoms with Crippen LogP contribution in [-0.2, 0) is 4.79 Å². The van der Waals surface area contributed by atoms with E-state index < -0.39 is 24.9 Å². The molecule has 0 fully saturated rings. The first kappa shape index (κ1) is 21.7. The SMILES string of the molecule is CNC(=O)c1ccc(NC(=O)/C=C/c2ccc(OC(F)F)cc2OC(F)F)cc1.